The first-order valence-electron chi connectivity index (χ1n) is 0. The molecule has 0 heterocycles. The van der Waals surface area contributed by atoms with Crippen molar-refractivity contribution in [3.05, 3.63) is 0 Å². The molecule has 0 aliphatic rings. The van der Waals surface area contributed by atoms with Crippen LogP contribution in [0, 0.1) is 0 Å². The predicted octanol–water partition coefficient (Wildman–Crippen LogP) is -2.38. The zero-order valence-electron chi connectivity index (χ0n) is 1.66. The quantitative estimate of drug-likeness (QED) is 0.404. The van der Waals surface area contributed by atoms with Crippen LogP contribution in [0.2, 0.25) is 0 Å². The summed E-state index contributed by atoms with van der Waals surface area (Å²) in [5.41, 5.74) is 0. The second kappa shape index (κ2) is 27.6. The molecule has 0 amide bonds. The van der Waals surface area contributed by atoms with E-state index in [1.807, 2.05) is 0 Å². The van der Waals surface area contributed by atoms with Crippen molar-refractivity contribution >= 4 is 34.7 Å². The van der Waals surface area contributed by atoms with Gasteiger partial charge in [0, 0.05) is 62.4 Å². The molecule has 0 aromatic rings. The minimum atomic E-state index is 0. The summed E-state index contributed by atoms with van der Waals surface area (Å²) in [4.78, 5) is 0. The van der Waals surface area contributed by atoms with Gasteiger partial charge in [-0.2, -0.15) is 0 Å². The first-order chi connectivity index (χ1) is 0. The Hall–Kier alpha value is 3.08. The maximum absolute atomic E-state index is 0. The summed E-state index contributed by atoms with van der Waals surface area (Å²) in [6.07, 6.45) is 0. The Morgan fingerprint density at radius 3 is 0.800 bits per heavy atom. The molecule has 2 radical (unpaired) electrons. The minimum Gasteiger partial charge on any atom is 0 e. The van der Waals surface area contributed by atoms with Gasteiger partial charge in [-0.3, -0.25) is 0 Å². The summed E-state index contributed by atoms with van der Waals surface area (Å²) in [5, 5.41) is 0. The molecule has 0 nitrogen and oxygen atoms in total. The number of hydrogen-bond donors (Lipinski definition) is 0. The summed E-state index contributed by atoms with van der Waals surface area (Å²) >= 11 is 0. The van der Waals surface area contributed by atoms with Crippen molar-refractivity contribution in [3.63, 3.8) is 0 Å². The summed E-state index contributed by atoms with van der Waals surface area (Å²) in [6, 6.07) is 0. The van der Waals surface area contributed by atoms with Crippen LogP contribution in [0.1, 0.15) is 0 Å². The van der Waals surface area contributed by atoms with E-state index in [9.17, 15) is 0 Å². The van der Waals surface area contributed by atoms with Crippen LogP contribution in [0.25, 0.3) is 0 Å². The molecule has 0 aliphatic heterocycles. The van der Waals surface area contributed by atoms with E-state index in [1.165, 1.54) is 0 Å². The molecule has 0 aliphatic carbocycles. The summed E-state index contributed by atoms with van der Waals surface area (Å²) in [5.74, 6) is 0. The fourth-order valence-corrected chi connectivity index (χ4v) is 0. The molecule has 0 aromatic carbocycles. The van der Waals surface area contributed by atoms with Gasteiger partial charge in [0.25, 0.3) is 0 Å². The molecule has 0 saturated carbocycles. The predicted molar refractivity (Wildman–Crippen MR) is 19.9 cm³/mol. The van der Waals surface area contributed by atoms with Gasteiger partial charge in [-0.05, 0) is 0 Å². The molecule has 0 spiro atoms. The van der Waals surface area contributed by atoms with Crippen LogP contribution in [0.4, 0.5) is 0 Å². The molecular formula is H6Al2MnScZn. The zero-order valence-corrected chi connectivity index (χ0v) is 7.61. The van der Waals surface area contributed by atoms with E-state index in [-0.39, 0.29) is 97.1 Å². The van der Waals surface area contributed by atoms with Gasteiger partial charge in [-0.1, -0.05) is 0 Å². The van der Waals surface area contributed by atoms with Gasteiger partial charge in [0.2, 0.25) is 0 Å². The molecule has 0 atom stereocenters. The maximum atomic E-state index is 0. The van der Waals surface area contributed by atoms with E-state index in [0.717, 1.165) is 0 Å². The summed E-state index contributed by atoms with van der Waals surface area (Å²) < 4.78 is 0. The molecule has 24 valence electrons. The van der Waals surface area contributed by atoms with Crippen molar-refractivity contribution < 1.29 is 62.4 Å². The standard InChI is InChI=1S/2Al.Mn.Sc.Zn.6H. The average molecular weight is 225 g/mol. The molecule has 0 unspecified atom stereocenters. The Kier molecular flexibility index (Phi) is 236. The number of hydrogen-bond acceptors (Lipinski definition) is 0. The fraction of sp³-hybridized carbons (Fsp3) is 0. The Bertz CT molecular complexity index is 9.61. The van der Waals surface area contributed by atoms with E-state index in [0.29, 0.717) is 0 Å². The molecule has 5 heteroatoms. The normalized spacial score (nSPS) is 0. The average Bonchev–Trinajstić information content (AvgIpc) is 0. The molecular weight excluding hydrogens is 219 g/mol. The van der Waals surface area contributed by atoms with Crippen LogP contribution in [-0.4, -0.2) is 34.7 Å². The maximum Gasteiger partial charge on any atom is 0.187 e. The van der Waals surface area contributed by atoms with Gasteiger partial charge >= 0.3 is 0 Å². The zero-order chi connectivity index (χ0) is 0. The third-order valence-corrected chi connectivity index (χ3v) is 0. The van der Waals surface area contributed by atoms with Crippen LogP contribution in [0.3, 0.4) is 0 Å². The van der Waals surface area contributed by atoms with E-state index in [1.54, 1.807) is 0 Å². The Morgan fingerprint density at radius 2 is 0.800 bits per heavy atom. The van der Waals surface area contributed by atoms with Crippen molar-refractivity contribution in [1.82, 2.24) is 0 Å². The smallest absolute Gasteiger partial charge is 0 e. The SMILES string of the molecule is [AlH3].[AlH3].[Mn].[Sc].[Zn]. The second-order valence-electron chi connectivity index (χ2n) is 0. The molecule has 0 bridgehead atoms. The minimum absolute atomic E-state index is 0. The van der Waals surface area contributed by atoms with Gasteiger partial charge in [0.05, 0.1) is 0 Å². The van der Waals surface area contributed by atoms with Crippen LogP contribution >= 0.6 is 0 Å². The molecule has 0 rings (SSSR count). The molecule has 0 aromatic heterocycles. The second-order valence-corrected chi connectivity index (χ2v) is 0. The van der Waals surface area contributed by atoms with E-state index in [2.05, 4.69) is 0 Å². The van der Waals surface area contributed by atoms with Crippen LogP contribution in [0.15, 0.2) is 0 Å². The third kappa shape index (κ3) is 19.3. The number of rotatable bonds is 0. The van der Waals surface area contributed by atoms with Gasteiger partial charge in [-0.25, -0.2) is 0 Å². The van der Waals surface area contributed by atoms with Crippen molar-refractivity contribution in [1.29, 1.82) is 0 Å². The van der Waals surface area contributed by atoms with Crippen molar-refractivity contribution in [3.8, 4) is 0 Å². The van der Waals surface area contributed by atoms with Gasteiger partial charge in [-0.15, -0.1) is 0 Å². The summed E-state index contributed by atoms with van der Waals surface area (Å²) in [6.45, 7) is 0. The van der Waals surface area contributed by atoms with Crippen LogP contribution in [0.5, 0.6) is 0 Å². The first kappa shape index (κ1) is 42.7. The van der Waals surface area contributed by atoms with Crippen LogP contribution < -0.4 is 0 Å². The monoisotopic (exact) mass is 224 g/mol. The third-order valence-electron chi connectivity index (χ3n) is 0. The largest absolute Gasteiger partial charge is 0.187 e. The Morgan fingerprint density at radius 1 is 0.800 bits per heavy atom. The van der Waals surface area contributed by atoms with Crippen molar-refractivity contribution in [2.45, 2.75) is 0 Å². The first-order valence-corrected chi connectivity index (χ1v) is 0. The molecule has 5 heavy (non-hydrogen) atoms. The molecule has 0 fully saturated rings. The van der Waals surface area contributed by atoms with Gasteiger partial charge in [0.15, 0.2) is 34.7 Å². The topological polar surface area (TPSA) is 0 Å². The Balaban J connectivity index is 0. The van der Waals surface area contributed by atoms with E-state index in [4.69, 9.17) is 0 Å². The fourth-order valence-electron chi connectivity index (χ4n) is 0. The van der Waals surface area contributed by atoms with E-state index >= 15 is 0 Å². The van der Waals surface area contributed by atoms with Gasteiger partial charge < -0.3 is 0 Å². The summed E-state index contributed by atoms with van der Waals surface area (Å²) in [7, 11) is 0. The van der Waals surface area contributed by atoms with Crippen molar-refractivity contribution in [2.75, 3.05) is 0 Å². The molecule has 0 N–H and O–H groups in total. The van der Waals surface area contributed by atoms with Gasteiger partial charge in [0.1, 0.15) is 0 Å². The van der Waals surface area contributed by atoms with Crippen LogP contribution in [-0.2, 0) is 62.4 Å². The Labute approximate surface area is 95.5 Å². The van der Waals surface area contributed by atoms with Crippen molar-refractivity contribution in [2.24, 2.45) is 0 Å². The van der Waals surface area contributed by atoms with E-state index < -0.39 is 0 Å². The molecule has 0 saturated heterocycles.